The number of hydrogen-bond donors (Lipinski definition) is 1. The second kappa shape index (κ2) is 5.39. The molecule has 1 aliphatic rings. The Kier molecular flexibility index (Phi) is 3.23. The van der Waals surface area contributed by atoms with E-state index >= 15 is 0 Å². The van der Waals surface area contributed by atoms with E-state index in [0.717, 1.165) is 29.6 Å². The number of anilines is 1. The lowest BCUT2D eigenvalue weighted by atomic mass is 10.0. The first-order valence-corrected chi connectivity index (χ1v) is 7.76. The summed E-state index contributed by atoms with van der Waals surface area (Å²) in [7, 11) is 0. The number of benzene rings is 2. The summed E-state index contributed by atoms with van der Waals surface area (Å²) in [5, 5.41) is 0.545. The van der Waals surface area contributed by atoms with Crippen molar-refractivity contribution in [1.82, 2.24) is 4.98 Å². The number of hydrogen-bond acceptors (Lipinski definition) is 2. The van der Waals surface area contributed by atoms with Crippen molar-refractivity contribution in [3.05, 3.63) is 76.1 Å². The third-order valence-electron chi connectivity index (χ3n) is 4.37. The number of para-hydroxylation sites is 2. The standard InChI is InChI=1S/C19H16N2O2/c22-18-14-8-2-3-9-16(14)20-12-15(18)19(23)21-11-5-7-13-6-1-4-10-17(13)21/h1-4,6,8-10,12H,5,7,11H2,(H,20,22). The molecule has 2 aromatic carbocycles. The van der Waals surface area contributed by atoms with Crippen LogP contribution in [0.2, 0.25) is 0 Å². The van der Waals surface area contributed by atoms with Crippen LogP contribution in [-0.4, -0.2) is 17.4 Å². The Balaban J connectivity index is 1.82. The molecule has 114 valence electrons. The van der Waals surface area contributed by atoms with Crippen LogP contribution in [0.5, 0.6) is 0 Å². The maximum absolute atomic E-state index is 12.9. The molecule has 1 N–H and O–H groups in total. The van der Waals surface area contributed by atoms with Crippen LogP contribution in [0, 0.1) is 0 Å². The summed E-state index contributed by atoms with van der Waals surface area (Å²) >= 11 is 0. The van der Waals surface area contributed by atoms with E-state index in [1.54, 1.807) is 11.0 Å². The molecule has 0 aliphatic carbocycles. The van der Waals surface area contributed by atoms with E-state index in [0.29, 0.717) is 11.9 Å². The molecule has 0 bridgehead atoms. The van der Waals surface area contributed by atoms with Crippen molar-refractivity contribution in [2.24, 2.45) is 0 Å². The number of rotatable bonds is 1. The summed E-state index contributed by atoms with van der Waals surface area (Å²) < 4.78 is 0. The zero-order valence-electron chi connectivity index (χ0n) is 12.6. The van der Waals surface area contributed by atoms with Crippen LogP contribution >= 0.6 is 0 Å². The minimum atomic E-state index is -0.232. The maximum Gasteiger partial charge on any atom is 0.263 e. The summed E-state index contributed by atoms with van der Waals surface area (Å²) in [6.45, 7) is 0.641. The van der Waals surface area contributed by atoms with E-state index in [4.69, 9.17) is 0 Å². The van der Waals surface area contributed by atoms with E-state index in [9.17, 15) is 9.59 Å². The normalized spacial score (nSPS) is 13.8. The van der Waals surface area contributed by atoms with Gasteiger partial charge in [-0.3, -0.25) is 9.59 Å². The van der Waals surface area contributed by atoms with Gasteiger partial charge in [0.1, 0.15) is 5.56 Å². The van der Waals surface area contributed by atoms with Gasteiger partial charge in [-0.1, -0.05) is 30.3 Å². The van der Waals surface area contributed by atoms with Gasteiger partial charge in [-0.2, -0.15) is 0 Å². The molecule has 3 aromatic rings. The second-order valence-corrected chi connectivity index (χ2v) is 5.77. The molecule has 1 aliphatic heterocycles. The number of aromatic nitrogens is 1. The summed E-state index contributed by atoms with van der Waals surface area (Å²) in [6, 6.07) is 15.1. The molecule has 0 unspecified atom stereocenters. The molecule has 1 aromatic heterocycles. The average Bonchev–Trinajstić information content (AvgIpc) is 2.61. The smallest absolute Gasteiger partial charge is 0.263 e. The lowest BCUT2D eigenvalue weighted by molar-refractivity contribution is 0.0984. The predicted molar refractivity (Wildman–Crippen MR) is 91.0 cm³/mol. The summed E-state index contributed by atoms with van der Waals surface area (Å²) in [6.07, 6.45) is 3.41. The second-order valence-electron chi connectivity index (χ2n) is 5.77. The van der Waals surface area contributed by atoms with E-state index < -0.39 is 0 Å². The van der Waals surface area contributed by atoms with Gasteiger partial charge >= 0.3 is 0 Å². The van der Waals surface area contributed by atoms with Crippen molar-refractivity contribution in [3.63, 3.8) is 0 Å². The zero-order valence-corrected chi connectivity index (χ0v) is 12.6. The first kappa shape index (κ1) is 13.8. The monoisotopic (exact) mass is 304 g/mol. The molecule has 0 saturated carbocycles. The van der Waals surface area contributed by atoms with Gasteiger partial charge in [0.05, 0.1) is 0 Å². The average molecular weight is 304 g/mol. The van der Waals surface area contributed by atoms with E-state index in [1.807, 2.05) is 42.5 Å². The molecular formula is C19H16N2O2. The fraction of sp³-hybridized carbons (Fsp3) is 0.158. The van der Waals surface area contributed by atoms with E-state index in [2.05, 4.69) is 4.98 Å². The Labute approximate surface area is 133 Å². The SMILES string of the molecule is O=C(c1c[nH]c2ccccc2c1=O)N1CCCc2ccccc21. The zero-order chi connectivity index (χ0) is 15.8. The van der Waals surface area contributed by atoms with Crippen molar-refractivity contribution in [1.29, 1.82) is 0 Å². The first-order valence-electron chi connectivity index (χ1n) is 7.76. The van der Waals surface area contributed by atoms with Crippen LogP contribution < -0.4 is 10.3 Å². The molecule has 2 heterocycles. The molecule has 1 amide bonds. The largest absolute Gasteiger partial charge is 0.360 e. The Morgan fingerprint density at radius 1 is 1.04 bits per heavy atom. The fourth-order valence-corrected chi connectivity index (χ4v) is 3.22. The van der Waals surface area contributed by atoms with Crippen molar-refractivity contribution in [2.45, 2.75) is 12.8 Å². The topological polar surface area (TPSA) is 53.2 Å². The molecule has 0 fully saturated rings. The highest BCUT2D eigenvalue weighted by Gasteiger charge is 2.25. The van der Waals surface area contributed by atoms with Crippen molar-refractivity contribution in [3.8, 4) is 0 Å². The third kappa shape index (κ3) is 2.23. The predicted octanol–water partition coefficient (Wildman–Crippen LogP) is 3.12. The fourth-order valence-electron chi connectivity index (χ4n) is 3.22. The van der Waals surface area contributed by atoms with Gasteiger partial charge < -0.3 is 9.88 Å². The highest BCUT2D eigenvalue weighted by atomic mass is 16.2. The lowest BCUT2D eigenvalue weighted by Crippen LogP contribution is -2.38. The van der Waals surface area contributed by atoms with E-state index in [1.165, 1.54) is 6.20 Å². The van der Waals surface area contributed by atoms with Gasteiger partial charge in [-0.05, 0) is 36.6 Å². The number of H-pyrrole nitrogens is 1. The van der Waals surface area contributed by atoms with Gasteiger partial charge in [-0.15, -0.1) is 0 Å². The number of amides is 1. The number of aromatic amines is 1. The molecule has 0 saturated heterocycles. The number of carbonyl (C=O) groups is 1. The lowest BCUT2D eigenvalue weighted by Gasteiger charge is -2.29. The van der Waals surface area contributed by atoms with Crippen LogP contribution in [0.4, 0.5) is 5.69 Å². The maximum atomic E-state index is 12.9. The Morgan fingerprint density at radius 2 is 1.83 bits per heavy atom. The summed E-state index contributed by atoms with van der Waals surface area (Å²) in [5.74, 6) is -0.232. The minimum Gasteiger partial charge on any atom is -0.360 e. The number of pyridine rings is 1. The molecule has 0 spiro atoms. The molecule has 23 heavy (non-hydrogen) atoms. The number of aryl methyl sites for hydroxylation is 1. The minimum absolute atomic E-state index is 0.195. The van der Waals surface area contributed by atoms with Gasteiger partial charge in [0.2, 0.25) is 5.43 Å². The van der Waals surface area contributed by atoms with Gasteiger partial charge in [0, 0.05) is 29.3 Å². The summed E-state index contributed by atoms with van der Waals surface area (Å²) in [4.78, 5) is 30.4. The Hall–Kier alpha value is -2.88. The highest BCUT2D eigenvalue weighted by Crippen LogP contribution is 2.27. The quantitative estimate of drug-likeness (QED) is 0.751. The Morgan fingerprint density at radius 3 is 2.74 bits per heavy atom. The van der Waals surface area contributed by atoms with Crippen LogP contribution in [0.3, 0.4) is 0 Å². The molecule has 4 heteroatoms. The number of nitrogens with one attached hydrogen (secondary N) is 1. The van der Waals surface area contributed by atoms with Gasteiger partial charge in [-0.25, -0.2) is 0 Å². The first-order chi connectivity index (χ1) is 11.3. The van der Waals surface area contributed by atoms with Crippen LogP contribution in [-0.2, 0) is 6.42 Å². The van der Waals surface area contributed by atoms with Crippen LogP contribution in [0.1, 0.15) is 22.3 Å². The van der Waals surface area contributed by atoms with Crippen molar-refractivity contribution >= 4 is 22.5 Å². The van der Waals surface area contributed by atoms with Crippen molar-refractivity contribution < 1.29 is 4.79 Å². The molecule has 0 atom stereocenters. The van der Waals surface area contributed by atoms with Crippen molar-refractivity contribution in [2.75, 3.05) is 11.4 Å². The van der Waals surface area contributed by atoms with Gasteiger partial charge in [0.25, 0.3) is 5.91 Å². The molecule has 4 rings (SSSR count). The van der Waals surface area contributed by atoms with Crippen LogP contribution in [0.25, 0.3) is 10.9 Å². The highest BCUT2D eigenvalue weighted by molar-refractivity contribution is 6.07. The van der Waals surface area contributed by atoms with E-state index in [-0.39, 0.29) is 16.9 Å². The van der Waals surface area contributed by atoms with Gasteiger partial charge in [0.15, 0.2) is 0 Å². The van der Waals surface area contributed by atoms with Crippen LogP contribution in [0.15, 0.2) is 59.5 Å². The summed E-state index contributed by atoms with van der Waals surface area (Å²) in [5.41, 5.74) is 2.79. The number of nitrogens with zero attached hydrogens (tertiary/aromatic N) is 1. The number of carbonyl (C=O) groups excluding carboxylic acids is 1. The molecule has 4 nitrogen and oxygen atoms in total. The number of fused-ring (bicyclic) bond motifs is 2. The third-order valence-corrected chi connectivity index (χ3v) is 4.37. The molecule has 0 radical (unpaired) electrons. The Bertz CT molecular complexity index is 959. The molecular weight excluding hydrogens is 288 g/mol.